The summed E-state index contributed by atoms with van der Waals surface area (Å²) < 4.78 is 1.49. The van der Waals surface area contributed by atoms with Gasteiger partial charge in [-0.2, -0.15) is 0 Å². The molecule has 2 rings (SSSR count). The zero-order chi connectivity index (χ0) is 15.4. The van der Waals surface area contributed by atoms with E-state index >= 15 is 0 Å². The van der Waals surface area contributed by atoms with Crippen molar-refractivity contribution in [1.29, 1.82) is 0 Å². The number of hydrogen-bond donors (Lipinski definition) is 1. The minimum Gasteiger partial charge on any atom is -0.481 e. The zero-order valence-electron chi connectivity index (χ0n) is 10.9. The van der Waals surface area contributed by atoms with Gasteiger partial charge in [0.1, 0.15) is 0 Å². The number of carboxylic acids is 1. The Balaban J connectivity index is 2.34. The quantitative estimate of drug-likeness (QED) is 0.662. The lowest BCUT2D eigenvalue weighted by Gasteiger charge is -2.10. The molecule has 0 aliphatic carbocycles. The molecule has 0 unspecified atom stereocenters. The standard InChI is InChI=1S/C14H12N2O5/c17-13-5-6-15(9-12(13)16(20)21)8-11-4-2-1-3-10(11)7-14(18)19/h1-6,9H,7-8H2,(H,18,19). The molecule has 7 heteroatoms. The summed E-state index contributed by atoms with van der Waals surface area (Å²) in [5.41, 5.74) is 0.201. The smallest absolute Gasteiger partial charge is 0.332 e. The van der Waals surface area contributed by atoms with Gasteiger partial charge in [-0.3, -0.25) is 19.7 Å². The molecule has 2 aromatic rings. The highest BCUT2D eigenvalue weighted by molar-refractivity contribution is 5.70. The molecule has 21 heavy (non-hydrogen) atoms. The Morgan fingerprint density at radius 2 is 1.90 bits per heavy atom. The number of pyridine rings is 1. The summed E-state index contributed by atoms with van der Waals surface area (Å²) in [4.78, 5) is 32.2. The van der Waals surface area contributed by atoms with Crippen LogP contribution in [0.1, 0.15) is 11.1 Å². The second kappa shape index (κ2) is 6.00. The number of carbonyl (C=O) groups is 1. The van der Waals surface area contributed by atoms with E-state index in [4.69, 9.17) is 5.11 Å². The molecule has 1 aromatic carbocycles. The first kappa shape index (κ1) is 14.4. The largest absolute Gasteiger partial charge is 0.481 e. The van der Waals surface area contributed by atoms with E-state index in [1.807, 2.05) is 0 Å². The maximum atomic E-state index is 11.3. The van der Waals surface area contributed by atoms with Gasteiger partial charge in [-0.15, -0.1) is 0 Å². The Morgan fingerprint density at radius 1 is 1.24 bits per heavy atom. The topological polar surface area (TPSA) is 102 Å². The van der Waals surface area contributed by atoms with Crippen LogP contribution in [0.15, 0.2) is 47.5 Å². The first-order valence-corrected chi connectivity index (χ1v) is 6.10. The molecule has 0 aliphatic rings. The maximum Gasteiger partial charge on any atom is 0.332 e. The second-order valence-electron chi connectivity index (χ2n) is 4.46. The van der Waals surface area contributed by atoms with E-state index in [0.717, 1.165) is 17.8 Å². The summed E-state index contributed by atoms with van der Waals surface area (Å²) >= 11 is 0. The molecule has 0 saturated carbocycles. The van der Waals surface area contributed by atoms with Crippen LogP contribution in [-0.4, -0.2) is 20.6 Å². The van der Waals surface area contributed by atoms with Crippen molar-refractivity contribution in [2.45, 2.75) is 13.0 Å². The normalized spacial score (nSPS) is 10.3. The predicted octanol–water partition coefficient (Wildman–Crippen LogP) is 1.43. The molecule has 0 fully saturated rings. The third kappa shape index (κ3) is 3.53. The van der Waals surface area contributed by atoms with E-state index in [-0.39, 0.29) is 13.0 Å². The van der Waals surface area contributed by atoms with Gasteiger partial charge in [0.25, 0.3) is 5.43 Å². The Hall–Kier alpha value is -2.96. The van der Waals surface area contributed by atoms with Crippen LogP contribution in [0.3, 0.4) is 0 Å². The average Bonchev–Trinajstić information content (AvgIpc) is 2.42. The summed E-state index contributed by atoms with van der Waals surface area (Å²) in [5, 5.41) is 19.6. The molecule has 0 radical (unpaired) electrons. The fourth-order valence-corrected chi connectivity index (χ4v) is 1.99. The highest BCUT2D eigenvalue weighted by Gasteiger charge is 2.12. The van der Waals surface area contributed by atoms with Crippen molar-refractivity contribution in [3.05, 3.63) is 74.2 Å². The van der Waals surface area contributed by atoms with Crippen LogP contribution in [0.4, 0.5) is 5.69 Å². The van der Waals surface area contributed by atoms with Crippen LogP contribution >= 0.6 is 0 Å². The predicted molar refractivity (Wildman–Crippen MR) is 74.2 cm³/mol. The number of rotatable bonds is 5. The van der Waals surface area contributed by atoms with Crippen molar-refractivity contribution in [3.8, 4) is 0 Å². The van der Waals surface area contributed by atoms with Crippen LogP contribution < -0.4 is 5.43 Å². The number of nitro groups is 1. The van der Waals surface area contributed by atoms with Gasteiger partial charge in [0, 0.05) is 18.8 Å². The highest BCUT2D eigenvalue weighted by Crippen LogP contribution is 2.12. The van der Waals surface area contributed by atoms with Crippen LogP contribution in [0.25, 0.3) is 0 Å². The SMILES string of the molecule is O=C(O)Cc1ccccc1Cn1ccc(=O)c([N+](=O)[O-])c1. The van der Waals surface area contributed by atoms with Gasteiger partial charge in [-0.25, -0.2) is 0 Å². The van der Waals surface area contributed by atoms with E-state index < -0.39 is 22.0 Å². The van der Waals surface area contributed by atoms with Crippen LogP contribution in [0, 0.1) is 10.1 Å². The number of benzene rings is 1. The molecule has 0 aliphatic heterocycles. The zero-order valence-corrected chi connectivity index (χ0v) is 10.9. The molecule has 1 heterocycles. The number of carboxylic acid groups (broad SMARTS) is 1. The molecular weight excluding hydrogens is 276 g/mol. The Kier molecular flexibility index (Phi) is 4.13. The maximum absolute atomic E-state index is 11.3. The number of aliphatic carboxylic acids is 1. The first-order valence-electron chi connectivity index (χ1n) is 6.10. The minimum atomic E-state index is -0.951. The van der Waals surface area contributed by atoms with Crippen LogP contribution in [0.5, 0.6) is 0 Å². The van der Waals surface area contributed by atoms with Gasteiger partial charge in [0.05, 0.1) is 17.5 Å². The lowest BCUT2D eigenvalue weighted by molar-refractivity contribution is -0.386. The van der Waals surface area contributed by atoms with Crippen molar-refractivity contribution in [3.63, 3.8) is 0 Å². The van der Waals surface area contributed by atoms with Crippen LogP contribution in [0.2, 0.25) is 0 Å². The van der Waals surface area contributed by atoms with Crippen LogP contribution in [-0.2, 0) is 17.8 Å². The molecule has 0 saturated heterocycles. The van der Waals surface area contributed by atoms with Gasteiger partial charge in [0.15, 0.2) is 0 Å². The molecule has 0 spiro atoms. The number of hydrogen-bond acceptors (Lipinski definition) is 4. The molecule has 1 N–H and O–H groups in total. The average molecular weight is 288 g/mol. The Bertz CT molecular complexity index is 751. The molecule has 7 nitrogen and oxygen atoms in total. The van der Waals surface area contributed by atoms with Crippen molar-refractivity contribution < 1.29 is 14.8 Å². The lowest BCUT2D eigenvalue weighted by atomic mass is 10.0. The van der Waals surface area contributed by atoms with Crippen molar-refractivity contribution in [1.82, 2.24) is 4.57 Å². The summed E-state index contributed by atoms with van der Waals surface area (Å²) in [6.45, 7) is 0.255. The number of nitrogens with zero attached hydrogens (tertiary/aromatic N) is 2. The molecular formula is C14H12N2O5. The summed E-state index contributed by atoms with van der Waals surface area (Å²) in [6.07, 6.45) is 2.46. The third-order valence-electron chi connectivity index (χ3n) is 2.97. The first-order chi connectivity index (χ1) is 9.97. The highest BCUT2D eigenvalue weighted by atomic mass is 16.6. The Labute approximate surface area is 119 Å². The molecule has 0 atom stereocenters. The minimum absolute atomic E-state index is 0.127. The van der Waals surface area contributed by atoms with E-state index in [2.05, 4.69) is 0 Å². The lowest BCUT2D eigenvalue weighted by Crippen LogP contribution is -2.12. The fourth-order valence-electron chi connectivity index (χ4n) is 1.99. The van der Waals surface area contributed by atoms with Crippen molar-refractivity contribution in [2.75, 3.05) is 0 Å². The summed E-state index contributed by atoms with van der Waals surface area (Å²) in [6, 6.07) is 8.06. The van der Waals surface area contributed by atoms with E-state index in [1.165, 1.54) is 10.8 Å². The van der Waals surface area contributed by atoms with E-state index in [1.54, 1.807) is 24.3 Å². The Morgan fingerprint density at radius 3 is 2.52 bits per heavy atom. The number of aromatic nitrogens is 1. The third-order valence-corrected chi connectivity index (χ3v) is 2.97. The van der Waals surface area contributed by atoms with Gasteiger partial charge in [0.2, 0.25) is 0 Å². The van der Waals surface area contributed by atoms with Crippen molar-refractivity contribution in [2.24, 2.45) is 0 Å². The molecule has 1 aromatic heterocycles. The van der Waals surface area contributed by atoms with Crippen molar-refractivity contribution >= 4 is 11.7 Å². The molecule has 0 bridgehead atoms. The monoisotopic (exact) mass is 288 g/mol. The van der Waals surface area contributed by atoms with E-state index in [0.29, 0.717) is 5.56 Å². The molecule has 0 amide bonds. The van der Waals surface area contributed by atoms with Gasteiger partial charge >= 0.3 is 11.7 Å². The van der Waals surface area contributed by atoms with Gasteiger partial charge in [-0.1, -0.05) is 24.3 Å². The summed E-state index contributed by atoms with van der Waals surface area (Å²) in [7, 11) is 0. The van der Waals surface area contributed by atoms with Gasteiger partial charge < -0.3 is 9.67 Å². The fraction of sp³-hybridized carbons (Fsp3) is 0.143. The summed E-state index contributed by atoms with van der Waals surface area (Å²) in [5.74, 6) is -0.951. The molecule has 108 valence electrons. The van der Waals surface area contributed by atoms with E-state index in [9.17, 15) is 19.7 Å². The van der Waals surface area contributed by atoms with Gasteiger partial charge in [-0.05, 0) is 11.1 Å². The second-order valence-corrected chi connectivity index (χ2v) is 4.46.